The number of hydrogen-bond acceptors (Lipinski definition) is 1. The van der Waals surface area contributed by atoms with E-state index in [1.54, 1.807) is 0 Å². The van der Waals surface area contributed by atoms with Crippen LogP contribution < -0.4 is 0 Å². The van der Waals surface area contributed by atoms with E-state index in [2.05, 4.69) is 27.7 Å². The SMILES string of the molecule is CC1CCC(=O)CC1C(C)(C)C. The van der Waals surface area contributed by atoms with Gasteiger partial charge in [-0.05, 0) is 23.7 Å². The van der Waals surface area contributed by atoms with E-state index in [0.29, 0.717) is 17.1 Å². The molecule has 1 saturated carbocycles. The Balaban J connectivity index is 2.67. The lowest BCUT2D eigenvalue weighted by Gasteiger charge is -2.38. The first-order valence-electron chi connectivity index (χ1n) is 4.93. The zero-order valence-corrected chi connectivity index (χ0v) is 8.68. The highest BCUT2D eigenvalue weighted by Crippen LogP contribution is 2.40. The van der Waals surface area contributed by atoms with E-state index in [1.807, 2.05) is 0 Å². The van der Waals surface area contributed by atoms with Gasteiger partial charge in [0.15, 0.2) is 0 Å². The summed E-state index contributed by atoms with van der Waals surface area (Å²) < 4.78 is 0. The molecule has 1 nitrogen and oxygen atoms in total. The summed E-state index contributed by atoms with van der Waals surface area (Å²) in [6.45, 7) is 9.01. The van der Waals surface area contributed by atoms with Gasteiger partial charge in [0, 0.05) is 12.8 Å². The van der Waals surface area contributed by atoms with Crippen molar-refractivity contribution in [3.8, 4) is 0 Å². The first-order valence-corrected chi connectivity index (χ1v) is 4.93. The van der Waals surface area contributed by atoms with E-state index in [-0.39, 0.29) is 0 Å². The predicted octanol–water partition coefficient (Wildman–Crippen LogP) is 3.04. The highest BCUT2D eigenvalue weighted by atomic mass is 16.1. The van der Waals surface area contributed by atoms with E-state index in [1.165, 1.54) is 0 Å². The van der Waals surface area contributed by atoms with Gasteiger partial charge in [0.2, 0.25) is 0 Å². The summed E-state index contributed by atoms with van der Waals surface area (Å²) in [7, 11) is 0. The quantitative estimate of drug-likeness (QED) is 0.543. The Hall–Kier alpha value is -0.330. The molecular weight excluding hydrogens is 148 g/mol. The van der Waals surface area contributed by atoms with Crippen molar-refractivity contribution in [2.45, 2.75) is 47.0 Å². The van der Waals surface area contributed by atoms with E-state index >= 15 is 0 Å². The summed E-state index contributed by atoms with van der Waals surface area (Å²) in [4.78, 5) is 11.3. The van der Waals surface area contributed by atoms with Crippen molar-refractivity contribution in [3.05, 3.63) is 0 Å². The van der Waals surface area contributed by atoms with E-state index in [0.717, 1.165) is 25.2 Å². The Kier molecular flexibility index (Phi) is 2.60. The van der Waals surface area contributed by atoms with Gasteiger partial charge in [0.1, 0.15) is 5.78 Å². The topological polar surface area (TPSA) is 17.1 Å². The molecule has 1 aliphatic carbocycles. The van der Waals surface area contributed by atoms with Crippen molar-refractivity contribution in [1.29, 1.82) is 0 Å². The standard InChI is InChI=1S/C11H20O/c1-8-5-6-9(12)7-10(8)11(2,3)4/h8,10H,5-7H2,1-4H3. The lowest BCUT2D eigenvalue weighted by atomic mass is 9.67. The van der Waals surface area contributed by atoms with Crippen LogP contribution in [0.1, 0.15) is 47.0 Å². The van der Waals surface area contributed by atoms with Crippen LogP contribution in [0.2, 0.25) is 0 Å². The van der Waals surface area contributed by atoms with Crippen LogP contribution in [0.25, 0.3) is 0 Å². The maximum atomic E-state index is 11.3. The van der Waals surface area contributed by atoms with Gasteiger partial charge in [0.25, 0.3) is 0 Å². The smallest absolute Gasteiger partial charge is 0.133 e. The normalized spacial score (nSPS) is 32.2. The second kappa shape index (κ2) is 3.20. The fourth-order valence-corrected chi connectivity index (χ4v) is 2.30. The van der Waals surface area contributed by atoms with Crippen molar-refractivity contribution >= 4 is 5.78 Å². The molecule has 0 aliphatic heterocycles. The maximum absolute atomic E-state index is 11.3. The van der Waals surface area contributed by atoms with Crippen LogP contribution >= 0.6 is 0 Å². The number of rotatable bonds is 0. The van der Waals surface area contributed by atoms with Crippen LogP contribution in [0.4, 0.5) is 0 Å². The summed E-state index contributed by atoms with van der Waals surface area (Å²) in [5, 5.41) is 0. The molecule has 1 heteroatoms. The number of hydrogen-bond donors (Lipinski definition) is 0. The highest BCUT2D eigenvalue weighted by Gasteiger charge is 2.34. The molecule has 70 valence electrons. The van der Waals surface area contributed by atoms with Crippen molar-refractivity contribution in [2.24, 2.45) is 17.3 Å². The minimum Gasteiger partial charge on any atom is -0.300 e. The molecule has 1 fully saturated rings. The fraction of sp³-hybridized carbons (Fsp3) is 0.909. The molecule has 0 amide bonds. The van der Waals surface area contributed by atoms with Crippen LogP contribution in [0.15, 0.2) is 0 Å². The number of carbonyl (C=O) groups excluding carboxylic acids is 1. The average Bonchev–Trinajstić information content (AvgIpc) is 1.92. The molecular formula is C11H20O. The minimum atomic E-state index is 0.301. The van der Waals surface area contributed by atoms with Crippen LogP contribution in [0, 0.1) is 17.3 Å². The zero-order chi connectivity index (χ0) is 9.35. The molecule has 0 heterocycles. The Morgan fingerprint density at radius 3 is 2.33 bits per heavy atom. The molecule has 0 aromatic carbocycles. The van der Waals surface area contributed by atoms with Crippen LogP contribution in [0.5, 0.6) is 0 Å². The zero-order valence-electron chi connectivity index (χ0n) is 8.68. The third-order valence-electron chi connectivity index (χ3n) is 3.13. The molecule has 0 radical (unpaired) electrons. The molecule has 0 saturated heterocycles. The Morgan fingerprint density at radius 2 is 1.92 bits per heavy atom. The number of ketones is 1. The largest absolute Gasteiger partial charge is 0.300 e. The van der Waals surface area contributed by atoms with Crippen LogP contribution in [0.3, 0.4) is 0 Å². The molecule has 0 aromatic heterocycles. The number of carbonyl (C=O) groups is 1. The molecule has 12 heavy (non-hydrogen) atoms. The van der Waals surface area contributed by atoms with E-state index < -0.39 is 0 Å². The summed E-state index contributed by atoms with van der Waals surface area (Å²) in [5.74, 6) is 1.79. The van der Waals surface area contributed by atoms with Crippen molar-refractivity contribution in [1.82, 2.24) is 0 Å². The molecule has 0 N–H and O–H groups in total. The van der Waals surface area contributed by atoms with Gasteiger partial charge >= 0.3 is 0 Å². The Labute approximate surface area is 75.5 Å². The van der Waals surface area contributed by atoms with E-state index in [4.69, 9.17) is 0 Å². The summed E-state index contributed by atoms with van der Waals surface area (Å²) >= 11 is 0. The van der Waals surface area contributed by atoms with Gasteiger partial charge in [-0.2, -0.15) is 0 Å². The van der Waals surface area contributed by atoms with Crippen LogP contribution in [-0.2, 0) is 4.79 Å². The van der Waals surface area contributed by atoms with Gasteiger partial charge in [-0.15, -0.1) is 0 Å². The lowest BCUT2D eigenvalue weighted by molar-refractivity contribution is -0.124. The summed E-state index contributed by atoms with van der Waals surface area (Å²) in [5.41, 5.74) is 0.301. The number of Topliss-reactive ketones (excluding diaryl/α,β-unsaturated/α-hetero) is 1. The fourth-order valence-electron chi connectivity index (χ4n) is 2.30. The third kappa shape index (κ3) is 2.09. The molecule has 0 bridgehead atoms. The molecule has 0 aromatic rings. The van der Waals surface area contributed by atoms with Crippen LogP contribution in [-0.4, -0.2) is 5.78 Å². The van der Waals surface area contributed by atoms with E-state index in [9.17, 15) is 4.79 Å². The second-order valence-corrected chi connectivity index (χ2v) is 5.23. The first kappa shape index (κ1) is 9.76. The van der Waals surface area contributed by atoms with Crippen molar-refractivity contribution < 1.29 is 4.79 Å². The van der Waals surface area contributed by atoms with Gasteiger partial charge < -0.3 is 0 Å². The molecule has 1 aliphatic rings. The monoisotopic (exact) mass is 168 g/mol. The molecule has 2 atom stereocenters. The summed E-state index contributed by atoms with van der Waals surface area (Å²) in [6, 6.07) is 0. The Bertz CT molecular complexity index is 176. The van der Waals surface area contributed by atoms with Gasteiger partial charge in [0.05, 0.1) is 0 Å². The van der Waals surface area contributed by atoms with Crippen molar-refractivity contribution in [3.63, 3.8) is 0 Å². The van der Waals surface area contributed by atoms with Crippen molar-refractivity contribution in [2.75, 3.05) is 0 Å². The highest BCUT2D eigenvalue weighted by molar-refractivity contribution is 5.79. The van der Waals surface area contributed by atoms with Gasteiger partial charge in [-0.1, -0.05) is 27.7 Å². The Morgan fingerprint density at radius 1 is 1.33 bits per heavy atom. The summed E-state index contributed by atoms with van der Waals surface area (Å²) in [6.07, 6.45) is 2.72. The predicted molar refractivity (Wildman–Crippen MR) is 51.0 cm³/mol. The lowest BCUT2D eigenvalue weighted by Crippen LogP contribution is -2.32. The van der Waals surface area contributed by atoms with Gasteiger partial charge in [-0.3, -0.25) is 4.79 Å². The van der Waals surface area contributed by atoms with Gasteiger partial charge in [-0.25, -0.2) is 0 Å². The molecule has 1 rings (SSSR count). The third-order valence-corrected chi connectivity index (χ3v) is 3.13. The first-order chi connectivity index (χ1) is 5.41. The molecule has 2 unspecified atom stereocenters. The maximum Gasteiger partial charge on any atom is 0.133 e. The average molecular weight is 168 g/mol. The molecule has 0 spiro atoms. The second-order valence-electron chi connectivity index (χ2n) is 5.23. The minimum absolute atomic E-state index is 0.301.